The summed E-state index contributed by atoms with van der Waals surface area (Å²) in [6.45, 7) is 1.84. The van der Waals surface area contributed by atoms with Crippen molar-refractivity contribution in [2.24, 2.45) is 16.5 Å². The SMILES string of the molecule is CC1(N)N=C(N)Nc2nc(-c3ccccc3)cc(-c3ccccc3)c21.O=C(O)C(F)(F)F. The Balaban J connectivity index is 0.000000360. The first-order chi connectivity index (χ1) is 15.0. The molecule has 0 amide bonds. The van der Waals surface area contributed by atoms with Gasteiger partial charge >= 0.3 is 12.1 Å². The zero-order valence-electron chi connectivity index (χ0n) is 16.9. The summed E-state index contributed by atoms with van der Waals surface area (Å²) >= 11 is 0. The first-order valence-electron chi connectivity index (χ1n) is 9.37. The number of anilines is 1. The number of nitrogens with zero attached hydrogens (tertiary/aromatic N) is 2. The minimum absolute atomic E-state index is 0.272. The molecule has 2 heterocycles. The number of halogens is 3. The normalized spacial score (nSPS) is 17.2. The first kappa shape index (κ1) is 22.8. The second-order valence-corrected chi connectivity index (χ2v) is 7.08. The molecule has 0 radical (unpaired) electrons. The topological polar surface area (TPSA) is 127 Å². The molecule has 1 aliphatic heterocycles. The van der Waals surface area contributed by atoms with Gasteiger partial charge in [0.25, 0.3) is 0 Å². The quantitative estimate of drug-likeness (QED) is 0.476. The maximum absolute atomic E-state index is 10.6. The molecule has 0 bridgehead atoms. The lowest BCUT2D eigenvalue weighted by atomic mass is 9.90. The molecule has 1 atom stereocenters. The Morgan fingerprint density at radius 2 is 1.53 bits per heavy atom. The van der Waals surface area contributed by atoms with Crippen LogP contribution in [-0.4, -0.2) is 28.2 Å². The zero-order valence-corrected chi connectivity index (χ0v) is 16.9. The highest BCUT2D eigenvalue weighted by Gasteiger charge is 2.38. The second kappa shape index (κ2) is 8.67. The standard InChI is InChI=1S/C20H19N5.C2HF3O2/c1-20(22)17-15(13-8-4-2-5-9-13)12-16(14-10-6-3-7-11-14)23-18(17)24-19(21)25-20;3-2(4,5)1(6)7/h2-12H,22H2,1H3,(H3,21,23,24,25);(H,6,7). The molecule has 1 aromatic heterocycles. The number of rotatable bonds is 2. The van der Waals surface area contributed by atoms with Gasteiger partial charge in [-0.15, -0.1) is 0 Å². The number of alkyl halides is 3. The fraction of sp³-hybridized carbons (Fsp3) is 0.136. The third-order valence-corrected chi connectivity index (χ3v) is 4.52. The molecule has 166 valence electrons. The Morgan fingerprint density at radius 1 is 1.03 bits per heavy atom. The number of fused-ring (bicyclic) bond motifs is 1. The molecule has 0 saturated heterocycles. The molecule has 2 aromatic carbocycles. The van der Waals surface area contributed by atoms with Gasteiger partial charge in [0.2, 0.25) is 0 Å². The van der Waals surface area contributed by atoms with Crippen LogP contribution < -0.4 is 16.8 Å². The van der Waals surface area contributed by atoms with Gasteiger partial charge in [-0.05, 0) is 24.1 Å². The van der Waals surface area contributed by atoms with Gasteiger partial charge in [0.15, 0.2) is 5.96 Å². The Bertz CT molecular complexity index is 1150. The van der Waals surface area contributed by atoms with E-state index in [4.69, 9.17) is 26.4 Å². The Kier molecular flexibility index (Phi) is 6.17. The van der Waals surface area contributed by atoms with Crippen molar-refractivity contribution < 1.29 is 23.1 Å². The van der Waals surface area contributed by atoms with E-state index in [-0.39, 0.29) is 5.96 Å². The predicted molar refractivity (Wildman–Crippen MR) is 116 cm³/mol. The van der Waals surface area contributed by atoms with E-state index in [2.05, 4.69) is 28.5 Å². The molecule has 7 nitrogen and oxygen atoms in total. The number of nitrogens with one attached hydrogen (secondary N) is 1. The summed E-state index contributed by atoms with van der Waals surface area (Å²) in [6, 6.07) is 22.2. The van der Waals surface area contributed by atoms with Crippen LogP contribution in [-0.2, 0) is 10.5 Å². The molecule has 1 unspecified atom stereocenters. The molecule has 6 N–H and O–H groups in total. The lowest BCUT2D eigenvalue weighted by Crippen LogP contribution is -2.42. The number of aliphatic imine (C=N–C) groups is 1. The lowest BCUT2D eigenvalue weighted by Gasteiger charge is -2.31. The number of carboxylic acid groups (broad SMARTS) is 1. The third kappa shape index (κ3) is 5.03. The van der Waals surface area contributed by atoms with E-state index in [1.807, 2.05) is 55.5 Å². The summed E-state index contributed by atoms with van der Waals surface area (Å²) in [4.78, 5) is 18.0. The van der Waals surface area contributed by atoms with Crippen LogP contribution in [0.3, 0.4) is 0 Å². The number of aliphatic carboxylic acids is 1. The number of benzene rings is 2. The van der Waals surface area contributed by atoms with Crippen LogP contribution >= 0.6 is 0 Å². The molecule has 0 saturated carbocycles. The van der Waals surface area contributed by atoms with Crippen molar-refractivity contribution in [3.8, 4) is 22.4 Å². The minimum atomic E-state index is -5.08. The molecule has 0 spiro atoms. The fourth-order valence-corrected chi connectivity index (χ4v) is 3.21. The minimum Gasteiger partial charge on any atom is -0.475 e. The molecule has 4 rings (SSSR count). The number of hydrogen-bond donors (Lipinski definition) is 4. The van der Waals surface area contributed by atoms with Crippen LogP contribution in [0, 0.1) is 0 Å². The number of carboxylic acids is 1. The molecule has 10 heteroatoms. The lowest BCUT2D eigenvalue weighted by molar-refractivity contribution is -0.192. The van der Waals surface area contributed by atoms with E-state index in [1.54, 1.807) is 0 Å². The number of guanidine groups is 1. The fourth-order valence-electron chi connectivity index (χ4n) is 3.21. The van der Waals surface area contributed by atoms with Gasteiger partial charge in [0, 0.05) is 11.1 Å². The molecule has 32 heavy (non-hydrogen) atoms. The maximum Gasteiger partial charge on any atom is 0.490 e. The summed E-state index contributed by atoms with van der Waals surface area (Å²) in [5.41, 5.74) is 16.2. The van der Waals surface area contributed by atoms with Crippen LogP contribution in [0.25, 0.3) is 22.4 Å². The van der Waals surface area contributed by atoms with Gasteiger partial charge in [0.05, 0.1) is 5.69 Å². The highest BCUT2D eigenvalue weighted by atomic mass is 19.4. The smallest absolute Gasteiger partial charge is 0.475 e. The monoisotopic (exact) mass is 443 g/mol. The third-order valence-electron chi connectivity index (χ3n) is 4.52. The molecule has 0 fully saturated rings. The summed E-state index contributed by atoms with van der Waals surface area (Å²) in [6.07, 6.45) is -5.08. The van der Waals surface area contributed by atoms with Crippen LogP contribution in [0.5, 0.6) is 0 Å². The van der Waals surface area contributed by atoms with E-state index in [0.717, 1.165) is 27.9 Å². The van der Waals surface area contributed by atoms with E-state index < -0.39 is 17.8 Å². The van der Waals surface area contributed by atoms with Crippen molar-refractivity contribution in [1.82, 2.24) is 4.98 Å². The molecular weight excluding hydrogens is 423 g/mol. The van der Waals surface area contributed by atoms with Gasteiger partial charge in [0.1, 0.15) is 11.5 Å². The van der Waals surface area contributed by atoms with Gasteiger partial charge in [-0.1, -0.05) is 60.7 Å². The van der Waals surface area contributed by atoms with Gasteiger partial charge < -0.3 is 21.9 Å². The Morgan fingerprint density at radius 3 is 2.03 bits per heavy atom. The highest BCUT2D eigenvalue weighted by Crippen LogP contribution is 2.40. The summed E-state index contributed by atoms with van der Waals surface area (Å²) in [5.74, 6) is -1.83. The number of aromatic nitrogens is 1. The van der Waals surface area contributed by atoms with Gasteiger partial charge in [-0.3, -0.25) is 0 Å². The molecule has 0 aliphatic carbocycles. The summed E-state index contributed by atoms with van der Waals surface area (Å²) < 4.78 is 31.7. The Labute approximate surface area is 181 Å². The van der Waals surface area contributed by atoms with Crippen LogP contribution in [0.15, 0.2) is 71.7 Å². The highest BCUT2D eigenvalue weighted by molar-refractivity contribution is 5.97. The summed E-state index contributed by atoms with van der Waals surface area (Å²) in [5, 5.41) is 10.2. The number of hydrogen-bond acceptors (Lipinski definition) is 6. The van der Waals surface area contributed by atoms with Crippen molar-refractivity contribution in [3.63, 3.8) is 0 Å². The van der Waals surface area contributed by atoms with E-state index >= 15 is 0 Å². The van der Waals surface area contributed by atoms with Crippen molar-refractivity contribution in [3.05, 3.63) is 72.3 Å². The number of nitrogens with two attached hydrogens (primary N) is 2. The summed E-state index contributed by atoms with van der Waals surface area (Å²) in [7, 11) is 0. The predicted octanol–water partition coefficient (Wildman–Crippen LogP) is 3.92. The van der Waals surface area contributed by atoms with Gasteiger partial charge in [-0.2, -0.15) is 13.2 Å². The van der Waals surface area contributed by atoms with Crippen molar-refractivity contribution in [1.29, 1.82) is 0 Å². The van der Waals surface area contributed by atoms with Crippen molar-refractivity contribution >= 4 is 17.7 Å². The molecule has 3 aromatic rings. The van der Waals surface area contributed by atoms with E-state index in [0.29, 0.717) is 5.82 Å². The average Bonchev–Trinajstić information content (AvgIpc) is 2.73. The molecule has 1 aliphatic rings. The average molecular weight is 443 g/mol. The largest absolute Gasteiger partial charge is 0.490 e. The van der Waals surface area contributed by atoms with Crippen molar-refractivity contribution in [2.45, 2.75) is 18.8 Å². The van der Waals surface area contributed by atoms with Crippen LogP contribution in [0.4, 0.5) is 19.0 Å². The van der Waals surface area contributed by atoms with E-state index in [9.17, 15) is 13.2 Å². The first-order valence-corrected chi connectivity index (χ1v) is 9.37. The Hall–Kier alpha value is -3.92. The zero-order chi connectivity index (χ0) is 23.5. The van der Waals surface area contributed by atoms with Crippen LogP contribution in [0.2, 0.25) is 0 Å². The second-order valence-electron chi connectivity index (χ2n) is 7.08. The number of carbonyl (C=O) groups is 1. The van der Waals surface area contributed by atoms with Crippen LogP contribution in [0.1, 0.15) is 12.5 Å². The van der Waals surface area contributed by atoms with E-state index in [1.165, 1.54) is 0 Å². The van der Waals surface area contributed by atoms with Gasteiger partial charge in [-0.25, -0.2) is 14.8 Å². The molecular formula is C22H20F3N5O2. The number of pyridine rings is 1. The maximum atomic E-state index is 10.6. The van der Waals surface area contributed by atoms with Crippen molar-refractivity contribution in [2.75, 3.05) is 5.32 Å².